The lowest BCUT2D eigenvalue weighted by molar-refractivity contribution is 1.07. The highest BCUT2D eigenvalue weighted by atomic mass is 14.1. The van der Waals surface area contributed by atoms with Crippen LogP contribution < -0.4 is 0 Å². The molecule has 62 valence electrons. The molecule has 0 amide bonds. The Hall–Kier alpha value is -0.780. The monoisotopic (exact) mass is 150 g/mol. The molecule has 0 N–H and O–H groups in total. The molecule has 0 aromatic carbocycles. The summed E-state index contributed by atoms with van der Waals surface area (Å²) >= 11 is 0. The number of allylic oxidation sites excluding steroid dienone is 4. The van der Waals surface area contributed by atoms with E-state index in [1.54, 1.807) is 0 Å². The summed E-state index contributed by atoms with van der Waals surface area (Å²) in [5.74, 6) is 0. The molecule has 0 radical (unpaired) electrons. The van der Waals surface area contributed by atoms with Crippen LogP contribution in [0.4, 0.5) is 0 Å². The van der Waals surface area contributed by atoms with E-state index in [0.717, 1.165) is 17.6 Å². The molecule has 11 heavy (non-hydrogen) atoms. The Labute approximate surface area is 70.3 Å². The molecule has 0 spiro atoms. The highest BCUT2D eigenvalue weighted by Gasteiger charge is 2.01. The SMILES string of the molecule is C=C(C)C(=C)C(CC)=C(C)C. The van der Waals surface area contributed by atoms with Gasteiger partial charge in [-0.25, -0.2) is 0 Å². The lowest BCUT2D eigenvalue weighted by Gasteiger charge is -2.10. The zero-order valence-corrected chi connectivity index (χ0v) is 8.12. The van der Waals surface area contributed by atoms with Gasteiger partial charge in [-0.3, -0.25) is 0 Å². The van der Waals surface area contributed by atoms with Crippen molar-refractivity contribution in [1.29, 1.82) is 0 Å². The van der Waals surface area contributed by atoms with E-state index in [0.29, 0.717) is 0 Å². The quantitative estimate of drug-likeness (QED) is 0.536. The third kappa shape index (κ3) is 2.75. The summed E-state index contributed by atoms with van der Waals surface area (Å²) in [6, 6.07) is 0. The molecule has 0 heteroatoms. The summed E-state index contributed by atoms with van der Waals surface area (Å²) in [4.78, 5) is 0. The average Bonchev–Trinajstić information content (AvgIpc) is 1.88. The van der Waals surface area contributed by atoms with Gasteiger partial charge in [-0.2, -0.15) is 0 Å². The van der Waals surface area contributed by atoms with Crippen molar-refractivity contribution in [3.05, 3.63) is 35.5 Å². The molecule has 0 nitrogen and oxygen atoms in total. The van der Waals surface area contributed by atoms with E-state index in [1.165, 1.54) is 11.1 Å². The van der Waals surface area contributed by atoms with Gasteiger partial charge in [0.15, 0.2) is 0 Å². The van der Waals surface area contributed by atoms with Crippen LogP contribution in [0, 0.1) is 0 Å². The molecule has 0 aliphatic rings. The summed E-state index contributed by atoms with van der Waals surface area (Å²) < 4.78 is 0. The van der Waals surface area contributed by atoms with Gasteiger partial charge in [-0.05, 0) is 38.3 Å². The predicted molar refractivity (Wildman–Crippen MR) is 52.6 cm³/mol. The lowest BCUT2D eigenvalue weighted by Crippen LogP contribution is -1.90. The first-order chi connectivity index (χ1) is 5.00. The van der Waals surface area contributed by atoms with Crippen LogP contribution >= 0.6 is 0 Å². The van der Waals surface area contributed by atoms with Crippen molar-refractivity contribution in [3.63, 3.8) is 0 Å². The molecule has 0 saturated heterocycles. The van der Waals surface area contributed by atoms with Crippen molar-refractivity contribution < 1.29 is 0 Å². The van der Waals surface area contributed by atoms with Gasteiger partial charge in [-0.1, -0.05) is 31.2 Å². The maximum absolute atomic E-state index is 3.99. The minimum absolute atomic E-state index is 1.05. The molecule has 0 fully saturated rings. The van der Waals surface area contributed by atoms with Crippen LogP contribution in [0.25, 0.3) is 0 Å². The zero-order chi connectivity index (χ0) is 9.02. The molecule has 0 bridgehead atoms. The Bertz CT molecular complexity index is 200. The summed E-state index contributed by atoms with van der Waals surface area (Å²) in [5, 5.41) is 0. The van der Waals surface area contributed by atoms with Gasteiger partial charge >= 0.3 is 0 Å². The summed E-state index contributed by atoms with van der Waals surface area (Å²) in [6.07, 6.45) is 1.05. The first-order valence-corrected chi connectivity index (χ1v) is 4.02. The molecular formula is C11H18. The standard InChI is InChI=1S/C11H18/c1-7-11(9(4)5)10(6)8(2)3/h2,6-7H2,1,3-5H3. The summed E-state index contributed by atoms with van der Waals surface area (Å²) in [5.41, 5.74) is 4.87. The third-order valence-electron chi connectivity index (χ3n) is 1.84. The van der Waals surface area contributed by atoms with E-state index in [-0.39, 0.29) is 0 Å². The predicted octanol–water partition coefficient (Wildman–Crippen LogP) is 3.87. The largest absolute Gasteiger partial charge is 0.0955 e. The molecule has 0 atom stereocenters. The van der Waals surface area contributed by atoms with E-state index >= 15 is 0 Å². The van der Waals surface area contributed by atoms with Crippen LogP contribution in [-0.2, 0) is 0 Å². The van der Waals surface area contributed by atoms with Crippen molar-refractivity contribution in [2.24, 2.45) is 0 Å². The highest BCUT2D eigenvalue weighted by Crippen LogP contribution is 2.21. The Kier molecular flexibility index (Phi) is 3.88. The smallest absolute Gasteiger partial charge is 0.0274 e. The van der Waals surface area contributed by atoms with Crippen LogP contribution in [0.2, 0.25) is 0 Å². The van der Waals surface area contributed by atoms with E-state index in [1.807, 2.05) is 6.92 Å². The van der Waals surface area contributed by atoms with Crippen LogP contribution in [-0.4, -0.2) is 0 Å². The number of hydrogen-bond acceptors (Lipinski definition) is 0. The maximum Gasteiger partial charge on any atom is -0.0274 e. The van der Waals surface area contributed by atoms with E-state index in [2.05, 4.69) is 33.9 Å². The normalized spacial score (nSPS) is 9.09. The highest BCUT2D eigenvalue weighted by molar-refractivity contribution is 5.43. The topological polar surface area (TPSA) is 0 Å². The first-order valence-electron chi connectivity index (χ1n) is 4.02. The second-order valence-electron chi connectivity index (χ2n) is 3.09. The number of hydrogen-bond donors (Lipinski definition) is 0. The molecule has 0 heterocycles. The van der Waals surface area contributed by atoms with Crippen molar-refractivity contribution in [2.45, 2.75) is 34.1 Å². The van der Waals surface area contributed by atoms with E-state index in [9.17, 15) is 0 Å². The lowest BCUT2D eigenvalue weighted by atomic mass is 9.96. The molecule has 0 saturated carbocycles. The minimum atomic E-state index is 1.05. The van der Waals surface area contributed by atoms with Gasteiger partial charge < -0.3 is 0 Å². The van der Waals surface area contributed by atoms with Gasteiger partial charge in [0.2, 0.25) is 0 Å². The van der Waals surface area contributed by atoms with Gasteiger partial charge in [0.25, 0.3) is 0 Å². The average molecular weight is 150 g/mol. The van der Waals surface area contributed by atoms with Crippen LogP contribution in [0.15, 0.2) is 35.5 Å². The van der Waals surface area contributed by atoms with Gasteiger partial charge in [0.1, 0.15) is 0 Å². The second-order valence-corrected chi connectivity index (χ2v) is 3.09. The Morgan fingerprint density at radius 3 is 1.64 bits per heavy atom. The van der Waals surface area contributed by atoms with E-state index < -0.39 is 0 Å². The van der Waals surface area contributed by atoms with Crippen LogP contribution in [0.1, 0.15) is 34.1 Å². The molecule has 0 rings (SSSR count). The molecule has 0 aliphatic heterocycles. The Morgan fingerprint density at radius 2 is 1.55 bits per heavy atom. The third-order valence-corrected chi connectivity index (χ3v) is 1.84. The fraction of sp³-hybridized carbons (Fsp3) is 0.455. The van der Waals surface area contributed by atoms with Crippen molar-refractivity contribution >= 4 is 0 Å². The van der Waals surface area contributed by atoms with Crippen LogP contribution in [0.5, 0.6) is 0 Å². The summed E-state index contributed by atoms with van der Waals surface area (Å²) in [6.45, 7) is 16.2. The fourth-order valence-corrected chi connectivity index (χ4v) is 1.13. The second kappa shape index (κ2) is 4.17. The molecule has 0 aliphatic carbocycles. The Morgan fingerprint density at radius 1 is 1.09 bits per heavy atom. The molecule has 0 unspecified atom stereocenters. The summed E-state index contributed by atoms with van der Waals surface area (Å²) in [7, 11) is 0. The fourth-order valence-electron chi connectivity index (χ4n) is 1.13. The minimum Gasteiger partial charge on any atom is -0.0955 e. The van der Waals surface area contributed by atoms with Gasteiger partial charge in [0.05, 0.1) is 0 Å². The van der Waals surface area contributed by atoms with Crippen LogP contribution in [0.3, 0.4) is 0 Å². The van der Waals surface area contributed by atoms with Crippen molar-refractivity contribution in [1.82, 2.24) is 0 Å². The molecular weight excluding hydrogens is 132 g/mol. The zero-order valence-electron chi connectivity index (χ0n) is 8.12. The number of rotatable bonds is 3. The molecule has 0 aromatic rings. The first kappa shape index (κ1) is 10.2. The van der Waals surface area contributed by atoms with Gasteiger partial charge in [0, 0.05) is 0 Å². The Balaban J connectivity index is 4.69. The van der Waals surface area contributed by atoms with E-state index in [4.69, 9.17) is 0 Å². The maximum atomic E-state index is 3.99. The van der Waals surface area contributed by atoms with Crippen molar-refractivity contribution in [2.75, 3.05) is 0 Å². The van der Waals surface area contributed by atoms with Crippen molar-refractivity contribution in [3.8, 4) is 0 Å². The molecule has 0 aromatic heterocycles. The van der Waals surface area contributed by atoms with Gasteiger partial charge in [-0.15, -0.1) is 0 Å².